The molecule has 0 amide bonds. The molecule has 30 heavy (non-hydrogen) atoms. The van der Waals surface area contributed by atoms with Crippen molar-refractivity contribution < 1.29 is 4.21 Å². The second-order valence-corrected chi connectivity index (χ2v) is 9.87. The Morgan fingerprint density at radius 2 is 1.90 bits per heavy atom. The fourth-order valence-corrected chi connectivity index (χ4v) is 6.56. The highest BCUT2D eigenvalue weighted by molar-refractivity contribution is 7.83. The molecular weight excluding hydrogens is 396 g/mol. The Kier molecular flexibility index (Phi) is 5.54. The first kappa shape index (κ1) is 19.7. The SMILES string of the molecule is CC(c1ccc2nccnc2c1)N1CCC2CN(Cc3ccncn3)S(=O)C2CC1. The molecule has 4 atom stereocenters. The van der Waals surface area contributed by atoms with Gasteiger partial charge in [-0.3, -0.25) is 14.9 Å². The number of benzene rings is 1. The average Bonchev–Trinajstić information content (AvgIpc) is 2.95. The van der Waals surface area contributed by atoms with Gasteiger partial charge in [-0.05, 0) is 62.5 Å². The highest BCUT2D eigenvalue weighted by Gasteiger charge is 2.41. The Morgan fingerprint density at radius 3 is 2.73 bits per heavy atom. The van der Waals surface area contributed by atoms with Gasteiger partial charge in [0.05, 0.1) is 39.5 Å². The van der Waals surface area contributed by atoms with Gasteiger partial charge in [0, 0.05) is 31.2 Å². The highest BCUT2D eigenvalue weighted by atomic mass is 32.2. The molecule has 156 valence electrons. The van der Waals surface area contributed by atoms with Crippen LogP contribution in [0.25, 0.3) is 11.0 Å². The van der Waals surface area contributed by atoms with E-state index >= 15 is 0 Å². The number of hydrogen-bond acceptors (Lipinski definition) is 6. The number of fused-ring (bicyclic) bond motifs is 2. The molecule has 2 aliphatic rings. The van der Waals surface area contributed by atoms with Gasteiger partial charge in [-0.1, -0.05) is 6.07 Å². The highest BCUT2D eigenvalue weighted by Crippen LogP contribution is 2.35. The van der Waals surface area contributed by atoms with Crippen molar-refractivity contribution in [3.05, 3.63) is 60.4 Å². The molecule has 1 aromatic carbocycles. The number of aromatic nitrogens is 4. The molecule has 8 heteroatoms. The fraction of sp³-hybridized carbons (Fsp3) is 0.455. The molecule has 0 N–H and O–H groups in total. The monoisotopic (exact) mass is 422 g/mol. The minimum Gasteiger partial charge on any atom is -0.297 e. The zero-order valence-electron chi connectivity index (χ0n) is 17.1. The van der Waals surface area contributed by atoms with E-state index in [2.05, 4.69) is 54.3 Å². The van der Waals surface area contributed by atoms with Crippen molar-refractivity contribution in [2.75, 3.05) is 19.6 Å². The summed E-state index contributed by atoms with van der Waals surface area (Å²) in [6.45, 7) is 5.78. The van der Waals surface area contributed by atoms with Crippen molar-refractivity contribution in [1.29, 1.82) is 0 Å². The number of rotatable bonds is 4. The van der Waals surface area contributed by atoms with E-state index in [0.717, 1.165) is 49.2 Å². The third-order valence-corrected chi connectivity index (χ3v) is 8.40. The first-order chi connectivity index (χ1) is 14.7. The van der Waals surface area contributed by atoms with Crippen LogP contribution >= 0.6 is 0 Å². The molecule has 4 heterocycles. The molecule has 2 aliphatic heterocycles. The molecule has 0 aliphatic carbocycles. The lowest BCUT2D eigenvalue weighted by Gasteiger charge is -2.28. The Labute approximate surface area is 179 Å². The molecule has 0 saturated carbocycles. The lowest BCUT2D eigenvalue weighted by Crippen LogP contribution is -2.30. The number of nitrogens with zero attached hydrogens (tertiary/aromatic N) is 6. The van der Waals surface area contributed by atoms with Crippen molar-refractivity contribution in [3.8, 4) is 0 Å². The zero-order chi connectivity index (χ0) is 20.5. The van der Waals surface area contributed by atoms with Crippen LogP contribution in [0.2, 0.25) is 0 Å². The van der Waals surface area contributed by atoms with Gasteiger partial charge in [0.25, 0.3) is 0 Å². The van der Waals surface area contributed by atoms with Crippen molar-refractivity contribution in [2.24, 2.45) is 5.92 Å². The zero-order valence-corrected chi connectivity index (χ0v) is 17.9. The average molecular weight is 423 g/mol. The Morgan fingerprint density at radius 1 is 1.07 bits per heavy atom. The molecule has 2 fully saturated rings. The normalized spacial score (nSPS) is 26.4. The molecule has 7 nitrogen and oxygen atoms in total. The van der Waals surface area contributed by atoms with Crippen molar-refractivity contribution >= 4 is 22.0 Å². The third kappa shape index (κ3) is 3.87. The minimum atomic E-state index is -0.952. The lowest BCUT2D eigenvalue weighted by atomic mass is 10.0. The topological polar surface area (TPSA) is 75.1 Å². The van der Waals surface area contributed by atoms with Crippen LogP contribution in [0.4, 0.5) is 0 Å². The molecule has 4 unspecified atom stereocenters. The predicted molar refractivity (Wildman–Crippen MR) is 117 cm³/mol. The maximum atomic E-state index is 13.1. The maximum absolute atomic E-state index is 13.1. The van der Waals surface area contributed by atoms with Gasteiger partial charge in [0.15, 0.2) is 0 Å². The van der Waals surface area contributed by atoms with Gasteiger partial charge >= 0.3 is 0 Å². The largest absolute Gasteiger partial charge is 0.297 e. The van der Waals surface area contributed by atoms with Gasteiger partial charge in [0.1, 0.15) is 6.33 Å². The molecule has 0 spiro atoms. The molecule has 5 rings (SSSR count). The summed E-state index contributed by atoms with van der Waals surface area (Å²) in [5, 5.41) is 0.242. The van der Waals surface area contributed by atoms with Crippen LogP contribution in [0.5, 0.6) is 0 Å². The van der Waals surface area contributed by atoms with Gasteiger partial charge in [-0.2, -0.15) is 0 Å². The summed E-state index contributed by atoms with van der Waals surface area (Å²) >= 11 is 0. The van der Waals surface area contributed by atoms with Crippen LogP contribution in [0.3, 0.4) is 0 Å². The van der Waals surface area contributed by atoms with E-state index in [1.165, 1.54) is 5.56 Å². The summed E-state index contributed by atoms with van der Waals surface area (Å²) < 4.78 is 15.2. The van der Waals surface area contributed by atoms with E-state index in [-0.39, 0.29) is 5.25 Å². The summed E-state index contributed by atoms with van der Waals surface area (Å²) in [6.07, 6.45) is 8.82. The molecule has 2 aromatic heterocycles. The molecular formula is C22H26N6OS. The van der Waals surface area contributed by atoms with Crippen LogP contribution in [-0.2, 0) is 17.5 Å². The van der Waals surface area contributed by atoms with E-state index < -0.39 is 11.0 Å². The van der Waals surface area contributed by atoms with Crippen LogP contribution in [-0.4, -0.2) is 58.2 Å². The van der Waals surface area contributed by atoms with E-state index in [1.54, 1.807) is 24.9 Å². The van der Waals surface area contributed by atoms with E-state index in [9.17, 15) is 4.21 Å². The van der Waals surface area contributed by atoms with Gasteiger partial charge in [-0.15, -0.1) is 0 Å². The van der Waals surface area contributed by atoms with E-state index in [1.807, 2.05) is 6.07 Å². The smallest absolute Gasteiger partial charge is 0.115 e. The Bertz CT molecular complexity index is 1050. The first-order valence-electron chi connectivity index (χ1n) is 10.5. The second kappa shape index (κ2) is 8.45. The Hall–Kier alpha value is -2.29. The van der Waals surface area contributed by atoms with Crippen LogP contribution in [0.15, 0.2) is 49.2 Å². The van der Waals surface area contributed by atoms with Crippen LogP contribution in [0, 0.1) is 5.92 Å². The third-order valence-electron chi connectivity index (χ3n) is 6.47. The number of hydrogen-bond donors (Lipinski definition) is 0. The van der Waals surface area contributed by atoms with E-state index in [4.69, 9.17) is 0 Å². The summed E-state index contributed by atoms with van der Waals surface area (Å²) in [4.78, 5) is 19.6. The van der Waals surface area contributed by atoms with Gasteiger partial charge < -0.3 is 0 Å². The summed E-state index contributed by atoms with van der Waals surface area (Å²) in [7, 11) is -0.952. The van der Waals surface area contributed by atoms with Crippen LogP contribution < -0.4 is 0 Å². The predicted octanol–water partition coefficient (Wildman–Crippen LogP) is 2.74. The quantitative estimate of drug-likeness (QED) is 0.644. The first-order valence-corrected chi connectivity index (χ1v) is 11.7. The van der Waals surface area contributed by atoms with Crippen molar-refractivity contribution in [2.45, 2.75) is 37.6 Å². The number of likely N-dealkylation sites (tertiary alicyclic amines) is 1. The van der Waals surface area contributed by atoms with Crippen molar-refractivity contribution in [1.82, 2.24) is 29.1 Å². The maximum Gasteiger partial charge on any atom is 0.115 e. The summed E-state index contributed by atoms with van der Waals surface area (Å²) in [6, 6.07) is 8.58. The van der Waals surface area contributed by atoms with Crippen LogP contribution in [0.1, 0.15) is 37.1 Å². The minimum absolute atomic E-state index is 0.242. The van der Waals surface area contributed by atoms with Gasteiger partial charge in [-0.25, -0.2) is 18.5 Å². The summed E-state index contributed by atoms with van der Waals surface area (Å²) in [5.41, 5.74) is 4.07. The molecule has 3 aromatic rings. The second-order valence-electron chi connectivity index (χ2n) is 8.19. The standard InChI is InChI=1S/C22H26N6OS/c1-16(17-2-3-20-21(12-17)25-9-8-24-20)27-10-5-18-13-28(30(29)22(18)6-11-27)14-19-4-7-23-15-26-19/h2-4,7-9,12,15-16,18,22H,5-6,10-11,13-14H2,1H3. The molecule has 2 saturated heterocycles. The molecule has 0 bridgehead atoms. The van der Waals surface area contributed by atoms with E-state index in [0.29, 0.717) is 18.5 Å². The van der Waals surface area contributed by atoms with Gasteiger partial charge in [0.2, 0.25) is 0 Å². The molecule has 0 radical (unpaired) electrons. The summed E-state index contributed by atoms with van der Waals surface area (Å²) in [5.74, 6) is 0.479. The fourth-order valence-electron chi connectivity index (χ4n) is 4.72. The van der Waals surface area contributed by atoms with Crippen molar-refractivity contribution in [3.63, 3.8) is 0 Å². The Balaban J connectivity index is 1.26. The lowest BCUT2D eigenvalue weighted by molar-refractivity contribution is 0.214.